The maximum Gasteiger partial charge on any atom is 0.331 e. The van der Waals surface area contributed by atoms with E-state index in [1.807, 2.05) is 30.3 Å². The van der Waals surface area contributed by atoms with Gasteiger partial charge in [-0.1, -0.05) is 37.3 Å². The number of nitrogens with zero attached hydrogens (tertiary/aromatic N) is 1. The lowest BCUT2D eigenvalue weighted by atomic mass is 9.43. The van der Waals surface area contributed by atoms with Crippen LogP contribution in [0.1, 0.15) is 38.2 Å². The minimum Gasteiger partial charge on any atom is -0.458 e. The Morgan fingerprint density at radius 2 is 1.93 bits per heavy atom. The zero-order valence-corrected chi connectivity index (χ0v) is 24.6. The van der Waals surface area contributed by atoms with E-state index in [4.69, 9.17) is 18.9 Å². The van der Waals surface area contributed by atoms with Crippen LogP contribution in [0.2, 0.25) is 0 Å². The molecule has 0 unspecified atom stereocenters. The SMILES string of the molecule is CCN1C[C@@]2(COC)CC[C@H](OC)[C@]34[C@@H]5C[C@H]6[C@@H](OC(=O)/C=C/c7ccccc7)[C@@H]5[C@](O)(C[C@@H]6OC)[C@H]([C@@H](O)[C@@H]23)[C@H]14. The molecule has 7 bridgehead atoms. The number of hydrogen-bond acceptors (Lipinski definition) is 8. The molecule has 1 saturated heterocycles. The van der Waals surface area contributed by atoms with Crippen LogP contribution in [0.3, 0.4) is 0 Å². The van der Waals surface area contributed by atoms with E-state index in [2.05, 4.69) is 11.8 Å². The van der Waals surface area contributed by atoms with Crippen LogP contribution in [0.4, 0.5) is 0 Å². The molecule has 5 aliphatic carbocycles. The molecule has 41 heavy (non-hydrogen) atoms. The number of carbonyl (C=O) groups is 1. The first-order valence-corrected chi connectivity index (χ1v) is 15.4. The highest BCUT2D eigenvalue weighted by Crippen LogP contribution is 2.79. The molecule has 7 rings (SSSR count). The van der Waals surface area contributed by atoms with Crippen molar-refractivity contribution in [2.24, 2.45) is 40.4 Å². The van der Waals surface area contributed by atoms with Gasteiger partial charge in [-0.3, -0.25) is 4.90 Å². The van der Waals surface area contributed by atoms with Crippen LogP contribution < -0.4 is 0 Å². The first-order chi connectivity index (χ1) is 19.8. The predicted octanol–water partition coefficient (Wildman–Crippen LogP) is 2.77. The molecule has 6 aliphatic rings. The zero-order valence-electron chi connectivity index (χ0n) is 24.6. The number of fused-ring (bicyclic) bond motifs is 2. The Morgan fingerprint density at radius 1 is 1.15 bits per heavy atom. The number of rotatable bonds is 8. The second kappa shape index (κ2) is 9.86. The highest BCUT2D eigenvalue weighted by atomic mass is 16.5. The Kier molecular flexibility index (Phi) is 6.73. The van der Waals surface area contributed by atoms with Crippen LogP contribution >= 0.6 is 0 Å². The fourth-order valence-electron chi connectivity index (χ4n) is 11.8. The molecule has 1 aliphatic heterocycles. The van der Waals surface area contributed by atoms with Gasteiger partial charge in [0.2, 0.25) is 0 Å². The van der Waals surface area contributed by atoms with Gasteiger partial charge in [0.25, 0.3) is 0 Å². The lowest BCUT2D eigenvalue weighted by Crippen LogP contribution is -2.76. The summed E-state index contributed by atoms with van der Waals surface area (Å²) in [5, 5.41) is 25.3. The number of aliphatic hydroxyl groups is 2. The van der Waals surface area contributed by atoms with Crippen LogP contribution in [0.15, 0.2) is 36.4 Å². The van der Waals surface area contributed by atoms with E-state index in [1.54, 1.807) is 27.4 Å². The Hall–Kier alpha value is -1.81. The summed E-state index contributed by atoms with van der Waals surface area (Å²) in [4.78, 5) is 15.8. The highest BCUT2D eigenvalue weighted by Gasteiger charge is 2.86. The largest absolute Gasteiger partial charge is 0.458 e. The van der Waals surface area contributed by atoms with Gasteiger partial charge in [-0.25, -0.2) is 4.79 Å². The van der Waals surface area contributed by atoms with Gasteiger partial charge in [0.1, 0.15) is 6.10 Å². The van der Waals surface area contributed by atoms with Gasteiger partial charge < -0.3 is 29.2 Å². The summed E-state index contributed by atoms with van der Waals surface area (Å²) >= 11 is 0. The van der Waals surface area contributed by atoms with E-state index >= 15 is 0 Å². The maximum absolute atomic E-state index is 13.3. The van der Waals surface area contributed by atoms with Gasteiger partial charge in [0.05, 0.1) is 30.5 Å². The molecule has 2 N–H and O–H groups in total. The molecule has 1 aromatic rings. The quantitative estimate of drug-likeness (QED) is 0.366. The summed E-state index contributed by atoms with van der Waals surface area (Å²) in [5.74, 6) is -1.14. The average Bonchev–Trinajstić information content (AvgIpc) is 3.39. The molecule has 0 amide bonds. The molecule has 8 heteroatoms. The minimum absolute atomic E-state index is 0.0161. The van der Waals surface area contributed by atoms with Crippen molar-refractivity contribution in [3.05, 3.63) is 42.0 Å². The lowest BCUT2D eigenvalue weighted by molar-refractivity contribution is -0.277. The van der Waals surface area contributed by atoms with Crippen LogP contribution in [0, 0.1) is 40.4 Å². The summed E-state index contributed by atoms with van der Waals surface area (Å²) in [6, 6.07) is 9.68. The van der Waals surface area contributed by atoms with Crippen molar-refractivity contribution >= 4 is 12.0 Å². The molecule has 1 heterocycles. The molecule has 1 aromatic carbocycles. The van der Waals surface area contributed by atoms with E-state index in [1.165, 1.54) is 6.08 Å². The van der Waals surface area contributed by atoms with Crippen molar-refractivity contribution in [1.29, 1.82) is 0 Å². The number of ether oxygens (including phenoxy) is 4. The normalized spacial score (nSPS) is 49.4. The molecule has 6 fully saturated rings. The maximum atomic E-state index is 13.3. The Morgan fingerprint density at radius 3 is 2.61 bits per heavy atom. The molecule has 224 valence electrons. The van der Waals surface area contributed by atoms with Crippen LogP contribution in [0.5, 0.6) is 0 Å². The Bertz CT molecular complexity index is 1190. The lowest BCUT2D eigenvalue weighted by Gasteiger charge is -2.69. The van der Waals surface area contributed by atoms with Gasteiger partial charge >= 0.3 is 5.97 Å². The number of likely N-dealkylation sites (tertiary alicyclic amines) is 1. The molecule has 13 atom stereocenters. The van der Waals surface area contributed by atoms with Crippen molar-refractivity contribution in [2.75, 3.05) is 41.0 Å². The third kappa shape index (κ3) is 3.52. The number of esters is 1. The summed E-state index contributed by atoms with van der Waals surface area (Å²) in [5.41, 5.74) is -0.895. The first kappa shape index (κ1) is 28.0. The Labute approximate surface area is 243 Å². The van der Waals surface area contributed by atoms with E-state index in [9.17, 15) is 15.0 Å². The topological polar surface area (TPSA) is 97.7 Å². The third-order valence-corrected chi connectivity index (χ3v) is 12.6. The second-order valence-electron chi connectivity index (χ2n) is 13.7. The standard InChI is InChI=1S/C33H45NO7/c1-5-34-17-31(18-38-2)14-13-23(40-4)33-21-15-20-22(39-3)16-32(37,26(30(33)34)27(36)29(31)33)25(21)28(20)41-24(35)12-11-19-9-7-6-8-10-19/h6-12,20-23,25-30,36-37H,5,13-18H2,1-4H3/b12-11+/t20-,21-,22+,23+,25-,26-,27-,28-,29+,30+,31-,32-,33-/m1/s1. The fraction of sp³-hybridized carbons (Fsp3) is 0.727. The van der Waals surface area contributed by atoms with Crippen LogP contribution in [-0.2, 0) is 23.7 Å². The first-order valence-electron chi connectivity index (χ1n) is 15.4. The molecule has 0 aromatic heterocycles. The van der Waals surface area contributed by atoms with E-state index < -0.39 is 23.8 Å². The molecule has 0 radical (unpaired) electrons. The van der Waals surface area contributed by atoms with Gasteiger partial charge in [0.15, 0.2) is 0 Å². The molecular weight excluding hydrogens is 522 g/mol. The van der Waals surface area contributed by atoms with Crippen LogP contribution in [-0.4, -0.2) is 98.2 Å². The number of piperidine rings is 1. The van der Waals surface area contributed by atoms with E-state index in [-0.39, 0.29) is 58.7 Å². The minimum atomic E-state index is -1.23. The van der Waals surface area contributed by atoms with Crippen molar-refractivity contribution in [3.63, 3.8) is 0 Å². The van der Waals surface area contributed by atoms with E-state index in [0.717, 1.165) is 37.9 Å². The number of hydrogen-bond donors (Lipinski definition) is 2. The van der Waals surface area contributed by atoms with Gasteiger partial charge in [-0.05, 0) is 43.4 Å². The van der Waals surface area contributed by atoms with Crippen LogP contribution in [0.25, 0.3) is 6.08 Å². The molecule has 5 saturated carbocycles. The van der Waals surface area contributed by atoms with E-state index in [0.29, 0.717) is 13.0 Å². The number of benzene rings is 1. The predicted molar refractivity (Wildman–Crippen MR) is 152 cm³/mol. The van der Waals surface area contributed by atoms with Crippen molar-refractivity contribution in [2.45, 2.75) is 68.7 Å². The second-order valence-corrected chi connectivity index (χ2v) is 13.7. The monoisotopic (exact) mass is 567 g/mol. The van der Waals surface area contributed by atoms with Crippen molar-refractivity contribution in [1.82, 2.24) is 4.90 Å². The Balaban J connectivity index is 1.34. The highest BCUT2D eigenvalue weighted by molar-refractivity contribution is 5.87. The number of aliphatic hydroxyl groups excluding tert-OH is 1. The van der Waals surface area contributed by atoms with Gasteiger partial charge in [0, 0.05) is 80.9 Å². The van der Waals surface area contributed by atoms with Gasteiger partial charge in [-0.2, -0.15) is 0 Å². The molecule has 1 spiro atoms. The summed E-state index contributed by atoms with van der Waals surface area (Å²) in [6.45, 7) is 4.44. The van der Waals surface area contributed by atoms with Crippen molar-refractivity contribution < 1.29 is 34.0 Å². The zero-order chi connectivity index (χ0) is 28.7. The molecule has 8 nitrogen and oxygen atoms in total. The van der Waals surface area contributed by atoms with Crippen molar-refractivity contribution in [3.8, 4) is 0 Å². The fourth-order valence-corrected chi connectivity index (χ4v) is 11.8. The summed E-state index contributed by atoms with van der Waals surface area (Å²) in [6.07, 6.45) is 4.78. The third-order valence-electron chi connectivity index (χ3n) is 12.6. The number of carbonyl (C=O) groups excluding carboxylic acids is 1. The smallest absolute Gasteiger partial charge is 0.331 e. The average molecular weight is 568 g/mol. The van der Waals surface area contributed by atoms with Gasteiger partial charge in [-0.15, -0.1) is 0 Å². The summed E-state index contributed by atoms with van der Waals surface area (Å²) in [7, 11) is 5.26. The summed E-state index contributed by atoms with van der Waals surface area (Å²) < 4.78 is 24.6. The number of methoxy groups -OCH3 is 3. The molecular formula is C33H45NO7.